The van der Waals surface area contributed by atoms with Crippen LogP contribution in [0.5, 0.6) is 0 Å². The second-order valence-electron chi connectivity index (χ2n) is 4.44. The van der Waals surface area contributed by atoms with Crippen molar-refractivity contribution in [2.75, 3.05) is 19.0 Å². The van der Waals surface area contributed by atoms with Gasteiger partial charge < -0.3 is 15.4 Å². The Morgan fingerprint density at radius 1 is 1.50 bits per heavy atom. The predicted octanol–water partition coefficient (Wildman–Crippen LogP) is 1.44. The smallest absolute Gasteiger partial charge is 0.392 e. The molecular weight excluding hydrogens is 275 g/mol. The van der Waals surface area contributed by atoms with Crippen LogP contribution in [-0.2, 0) is 6.18 Å². The second kappa shape index (κ2) is 6.10. The van der Waals surface area contributed by atoms with Crippen LogP contribution in [0.2, 0.25) is 0 Å². The van der Waals surface area contributed by atoms with Crippen molar-refractivity contribution in [3.8, 4) is 0 Å². The van der Waals surface area contributed by atoms with Gasteiger partial charge in [-0.25, -0.2) is 0 Å². The topological polar surface area (TPSA) is 78.6 Å². The van der Waals surface area contributed by atoms with Gasteiger partial charge in [0.1, 0.15) is 0 Å². The van der Waals surface area contributed by atoms with Gasteiger partial charge in [-0.05, 0) is 25.1 Å². The Labute approximate surface area is 114 Å². The highest BCUT2D eigenvalue weighted by Gasteiger charge is 2.34. The molecule has 0 aliphatic rings. The Bertz CT molecular complexity index is 489. The van der Waals surface area contributed by atoms with Gasteiger partial charge in [0.2, 0.25) is 0 Å². The van der Waals surface area contributed by atoms with Crippen LogP contribution >= 0.6 is 0 Å². The number of anilines is 1. The largest absolute Gasteiger partial charge is 0.418 e. The lowest BCUT2D eigenvalue weighted by atomic mass is 10.1. The van der Waals surface area contributed by atoms with Crippen LogP contribution in [-0.4, -0.2) is 35.6 Å². The number of carbonyl (C=O) groups excluding carboxylic acids is 1. The third-order valence-corrected chi connectivity index (χ3v) is 2.61. The summed E-state index contributed by atoms with van der Waals surface area (Å²) in [5.41, 5.74) is 0.489. The summed E-state index contributed by atoms with van der Waals surface area (Å²) in [6.45, 7) is 1.50. The molecule has 1 unspecified atom stereocenters. The Morgan fingerprint density at radius 2 is 2.10 bits per heavy atom. The van der Waals surface area contributed by atoms with Crippen LogP contribution in [0, 0.1) is 0 Å². The van der Waals surface area contributed by atoms with E-state index in [0.717, 1.165) is 17.0 Å². The number of benzene rings is 1. The fourth-order valence-corrected chi connectivity index (χ4v) is 1.74. The SMILES string of the molecule is CC(O)CN(C)C(=O)c1ccc(NN)c(C(F)(F)F)c1. The van der Waals surface area contributed by atoms with Gasteiger partial charge in [0.25, 0.3) is 5.91 Å². The lowest BCUT2D eigenvalue weighted by molar-refractivity contribution is -0.137. The molecule has 0 spiro atoms. The fourth-order valence-electron chi connectivity index (χ4n) is 1.74. The minimum absolute atomic E-state index is 0.0249. The van der Waals surface area contributed by atoms with Gasteiger partial charge in [-0.15, -0.1) is 0 Å². The zero-order valence-electron chi connectivity index (χ0n) is 11.0. The van der Waals surface area contributed by atoms with E-state index in [1.165, 1.54) is 20.0 Å². The number of nitrogens with one attached hydrogen (secondary N) is 1. The summed E-state index contributed by atoms with van der Waals surface area (Å²) in [6.07, 6.45) is -5.39. The number of nitrogen functional groups attached to an aromatic ring is 1. The van der Waals surface area contributed by atoms with Gasteiger partial charge in [-0.1, -0.05) is 0 Å². The molecule has 0 fully saturated rings. The highest BCUT2D eigenvalue weighted by molar-refractivity contribution is 5.94. The van der Waals surface area contributed by atoms with Crippen LogP contribution in [0.3, 0.4) is 0 Å². The van der Waals surface area contributed by atoms with Gasteiger partial charge in [0, 0.05) is 19.2 Å². The Hall–Kier alpha value is -1.80. The highest BCUT2D eigenvalue weighted by atomic mass is 19.4. The number of aliphatic hydroxyl groups excluding tert-OH is 1. The Kier molecular flexibility index (Phi) is 4.96. The zero-order chi connectivity index (χ0) is 15.5. The molecule has 0 saturated carbocycles. The van der Waals surface area contributed by atoms with E-state index in [-0.39, 0.29) is 17.8 Å². The van der Waals surface area contributed by atoms with Crippen molar-refractivity contribution in [3.63, 3.8) is 0 Å². The van der Waals surface area contributed by atoms with E-state index in [4.69, 9.17) is 5.84 Å². The van der Waals surface area contributed by atoms with Crippen molar-refractivity contribution >= 4 is 11.6 Å². The van der Waals surface area contributed by atoms with E-state index in [9.17, 15) is 23.1 Å². The highest BCUT2D eigenvalue weighted by Crippen LogP contribution is 2.35. The van der Waals surface area contributed by atoms with Crippen molar-refractivity contribution in [1.29, 1.82) is 0 Å². The van der Waals surface area contributed by atoms with E-state index >= 15 is 0 Å². The monoisotopic (exact) mass is 291 g/mol. The van der Waals surface area contributed by atoms with E-state index in [1.807, 2.05) is 5.43 Å². The number of hydrogen-bond acceptors (Lipinski definition) is 4. The number of nitrogens with zero attached hydrogens (tertiary/aromatic N) is 1. The first-order valence-electron chi connectivity index (χ1n) is 5.78. The van der Waals surface area contributed by atoms with Crippen LogP contribution in [0.15, 0.2) is 18.2 Å². The molecule has 4 N–H and O–H groups in total. The first-order chi connectivity index (χ1) is 9.16. The van der Waals surface area contributed by atoms with E-state index in [0.29, 0.717) is 0 Å². The summed E-state index contributed by atoms with van der Waals surface area (Å²) in [6, 6.07) is 3.06. The molecule has 0 aromatic heterocycles. The molecule has 8 heteroatoms. The maximum absolute atomic E-state index is 12.8. The summed E-state index contributed by atoms with van der Waals surface area (Å²) in [5.74, 6) is 4.41. The molecule has 1 aromatic rings. The third-order valence-electron chi connectivity index (χ3n) is 2.61. The van der Waals surface area contributed by atoms with Crippen LogP contribution in [0.1, 0.15) is 22.8 Å². The quantitative estimate of drug-likeness (QED) is 0.579. The molecule has 0 aliphatic carbocycles. The number of amides is 1. The minimum Gasteiger partial charge on any atom is -0.392 e. The molecule has 0 aliphatic heterocycles. The maximum atomic E-state index is 12.8. The van der Waals surface area contributed by atoms with Crippen molar-refractivity contribution in [2.45, 2.75) is 19.2 Å². The van der Waals surface area contributed by atoms with E-state index in [2.05, 4.69) is 0 Å². The Balaban J connectivity index is 3.12. The van der Waals surface area contributed by atoms with Crippen molar-refractivity contribution < 1.29 is 23.1 Å². The van der Waals surface area contributed by atoms with Gasteiger partial charge in [-0.3, -0.25) is 10.6 Å². The average Bonchev–Trinajstić information content (AvgIpc) is 2.35. The lowest BCUT2D eigenvalue weighted by Gasteiger charge is -2.20. The number of halogens is 3. The molecule has 1 atom stereocenters. The summed E-state index contributed by atoms with van der Waals surface area (Å²) >= 11 is 0. The van der Waals surface area contributed by atoms with Gasteiger partial charge >= 0.3 is 6.18 Å². The molecule has 1 amide bonds. The molecule has 0 bridgehead atoms. The number of hydrazine groups is 1. The molecular formula is C12H16F3N3O2. The van der Waals surface area contributed by atoms with Gasteiger partial charge in [-0.2, -0.15) is 13.2 Å². The third kappa shape index (κ3) is 3.84. The number of likely N-dealkylation sites (N-methyl/N-ethyl adjacent to an activating group) is 1. The first-order valence-corrected chi connectivity index (χ1v) is 5.78. The number of nitrogens with two attached hydrogens (primary N) is 1. The lowest BCUT2D eigenvalue weighted by Crippen LogP contribution is -2.33. The number of hydrogen-bond donors (Lipinski definition) is 3. The van der Waals surface area contributed by atoms with Crippen LogP contribution in [0.25, 0.3) is 0 Å². The summed E-state index contributed by atoms with van der Waals surface area (Å²) < 4.78 is 38.5. The van der Waals surface area contributed by atoms with Crippen molar-refractivity contribution in [2.24, 2.45) is 5.84 Å². The normalized spacial score (nSPS) is 12.9. The molecule has 20 heavy (non-hydrogen) atoms. The zero-order valence-corrected chi connectivity index (χ0v) is 11.0. The number of rotatable bonds is 4. The van der Waals surface area contributed by atoms with E-state index < -0.39 is 23.8 Å². The van der Waals surface area contributed by atoms with Crippen LogP contribution < -0.4 is 11.3 Å². The summed E-state index contributed by atoms with van der Waals surface area (Å²) in [5, 5.41) is 9.18. The number of alkyl halides is 3. The summed E-state index contributed by atoms with van der Waals surface area (Å²) in [7, 11) is 1.40. The van der Waals surface area contributed by atoms with Crippen LogP contribution in [0.4, 0.5) is 18.9 Å². The Morgan fingerprint density at radius 3 is 2.55 bits per heavy atom. The molecule has 0 radical (unpaired) electrons. The molecule has 1 aromatic carbocycles. The summed E-state index contributed by atoms with van der Waals surface area (Å²) in [4.78, 5) is 13.1. The van der Waals surface area contributed by atoms with Crippen molar-refractivity contribution in [3.05, 3.63) is 29.3 Å². The standard InChI is InChI=1S/C12H16F3N3O2/c1-7(19)6-18(2)11(20)8-3-4-10(17-16)9(5-8)12(13,14)15/h3-5,7,17,19H,6,16H2,1-2H3. The fraction of sp³-hybridized carbons (Fsp3) is 0.417. The molecule has 0 saturated heterocycles. The van der Waals surface area contributed by atoms with Gasteiger partial charge in [0.05, 0.1) is 17.4 Å². The van der Waals surface area contributed by atoms with E-state index in [1.54, 1.807) is 0 Å². The second-order valence-corrected chi connectivity index (χ2v) is 4.44. The molecule has 112 valence electrons. The van der Waals surface area contributed by atoms with Crippen molar-refractivity contribution in [1.82, 2.24) is 4.90 Å². The number of aliphatic hydroxyl groups is 1. The molecule has 1 rings (SSSR count). The molecule has 5 nitrogen and oxygen atoms in total. The van der Waals surface area contributed by atoms with Gasteiger partial charge in [0.15, 0.2) is 0 Å². The molecule has 0 heterocycles. The predicted molar refractivity (Wildman–Crippen MR) is 67.9 cm³/mol. The average molecular weight is 291 g/mol. The minimum atomic E-state index is -4.62. The number of carbonyl (C=O) groups is 1. The maximum Gasteiger partial charge on any atom is 0.418 e. The first kappa shape index (κ1) is 16.3.